The maximum atomic E-state index is 5.86. The quantitative estimate of drug-likeness (QED) is 0.749. The molecule has 2 saturated heterocycles. The maximum absolute atomic E-state index is 5.86. The highest BCUT2D eigenvalue weighted by molar-refractivity contribution is 5.42. The van der Waals surface area contributed by atoms with Crippen molar-refractivity contribution in [3.8, 4) is 11.5 Å². The largest absolute Gasteiger partial charge is 0.491 e. The third kappa shape index (κ3) is 3.87. The van der Waals surface area contributed by atoms with Crippen LogP contribution in [0.2, 0.25) is 0 Å². The Morgan fingerprint density at radius 2 is 1.08 bits per heavy atom. The minimum Gasteiger partial charge on any atom is -0.491 e. The monoisotopic (exact) mass is 352 g/mol. The van der Waals surface area contributed by atoms with Crippen LogP contribution >= 0.6 is 0 Å². The van der Waals surface area contributed by atoms with Gasteiger partial charge in [-0.25, -0.2) is 0 Å². The molecule has 4 nitrogen and oxygen atoms in total. The van der Waals surface area contributed by atoms with Crippen LogP contribution < -0.4 is 9.47 Å². The van der Waals surface area contributed by atoms with E-state index in [1.165, 1.54) is 22.3 Å². The zero-order valence-electron chi connectivity index (χ0n) is 14.9. The molecule has 0 aromatic heterocycles. The summed E-state index contributed by atoms with van der Waals surface area (Å²) in [5.41, 5.74) is 5.69. The number of ether oxygens (including phenoxy) is 4. The molecule has 2 heterocycles. The normalized spacial score (nSPS) is 23.2. The summed E-state index contributed by atoms with van der Waals surface area (Å²) in [6, 6.07) is 13.1. The number of fused-ring (bicyclic) bond motifs is 2. The fourth-order valence-electron chi connectivity index (χ4n) is 3.58. The molecule has 2 unspecified atom stereocenters. The van der Waals surface area contributed by atoms with Crippen molar-refractivity contribution < 1.29 is 18.9 Å². The summed E-state index contributed by atoms with van der Waals surface area (Å²) in [5.74, 6) is 1.92. The second-order valence-corrected chi connectivity index (χ2v) is 7.39. The lowest BCUT2D eigenvalue weighted by molar-refractivity contribution is 0.262. The van der Waals surface area contributed by atoms with Gasteiger partial charge in [-0.3, -0.25) is 0 Å². The molecule has 5 rings (SSSR count). The van der Waals surface area contributed by atoms with Gasteiger partial charge in [0.1, 0.15) is 36.9 Å². The Balaban J connectivity index is 1.29. The average Bonchev–Trinajstić information content (AvgIpc) is 3.55. The summed E-state index contributed by atoms with van der Waals surface area (Å²) in [6.07, 6.45) is 4.81. The Kier molecular flexibility index (Phi) is 4.31. The second-order valence-electron chi connectivity index (χ2n) is 7.39. The van der Waals surface area contributed by atoms with Crippen molar-refractivity contribution in [2.45, 2.75) is 37.9 Å². The van der Waals surface area contributed by atoms with E-state index in [-0.39, 0.29) is 0 Å². The lowest BCUT2D eigenvalue weighted by Crippen LogP contribution is -2.09. The van der Waals surface area contributed by atoms with Gasteiger partial charge in [0.25, 0.3) is 0 Å². The minimum atomic E-state index is 0.295. The second kappa shape index (κ2) is 6.93. The third-order valence-corrected chi connectivity index (χ3v) is 5.36. The molecule has 2 aliphatic heterocycles. The van der Waals surface area contributed by atoms with Gasteiger partial charge in [0.05, 0.1) is 13.2 Å². The van der Waals surface area contributed by atoms with Crippen molar-refractivity contribution in [3.63, 3.8) is 0 Å². The van der Waals surface area contributed by atoms with Crippen molar-refractivity contribution in [1.29, 1.82) is 0 Å². The van der Waals surface area contributed by atoms with Crippen LogP contribution in [-0.4, -0.2) is 38.6 Å². The highest BCUT2D eigenvalue weighted by Gasteiger charge is 2.24. The molecule has 0 amide bonds. The van der Waals surface area contributed by atoms with E-state index in [0.717, 1.165) is 50.4 Å². The summed E-state index contributed by atoms with van der Waals surface area (Å²) < 4.78 is 22.2. The predicted octanol–water partition coefficient (Wildman–Crippen LogP) is 3.13. The standard InChI is InChI=1S/C22H24O4/c1-2-16-6-8-20(24-12-22-14-26-22)10-18(16)4-3-17-9-19(7-5-15(1)17)23-11-21-13-25-21/h5-10,21-22H,1-4,11-14H2. The van der Waals surface area contributed by atoms with Crippen LogP contribution in [0.5, 0.6) is 11.5 Å². The van der Waals surface area contributed by atoms with Crippen molar-refractivity contribution in [2.75, 3.05) is 26.4 Å². The van der Waals surface area contributed by atoms with Crippen LogP contribution in [0.15, 0.2) is 36.4 Å². The molecule has 0 radical (unpaired) electrons. The molecule has 2 aromatic carbocycles. The van der Waals surface area contributed by atoms with Gasteiger partial charge in [0.2, 0.25) is 0 Å². The Morgan fingerprint density at radius 1 is 0.654 bits per heavy atom. The van der Waals surface area contributed by atoms with Gasteiger partial charge < -0.3 is 18.9 Å². The highest BCUT2D eigenvalue weighted by Crippen LogP contribution is 2.28. The minimum absolute atomic E-state index is 0.295. The Labute approximate surface area is 154 Å². The zero-order chi connectivity index (χ0) is 17.3. The molecule has 1 aliphatic carbocycles. The SMILES string of the molecule is c1cc2c(cc1OCC1CO1)CCc1cc(OCC3CO3)ccc1CC2. The molecule has 2 atom stereocenters. The van der Waals surface area contributed by atoms with E-state index in [2.05, 4.69) is 36.4 Å². The van der Waals surface area contributed by atoms with Crippen LogP contribution in [0.1, 0.15) is 22.3 Å². The molecule has 2 fully saturated rings. The lowest BCUT2D eigenvalue weighted by Gasteiger charge is -2.19. The molecule has 3 aliphatic rings. The van der Waals surface area contributed by atoms with Gasteiger partial charge in [-0.1, -0.05) is 12.1 Å². The molecule has 26 heavy (non-hydrogen) atoms. The predicted molar refractivity (Wildman–Crippen MR) is 98.2 cm³/mol. The number of benzene rings is 2. The van der Waals surface area contributed by atoms with E-state index < -0.39 is 0 Å². The molecule has 2 aromatic rings. The summed E-state index contributed by atoms with van der Waals surface area (Å²) in [4.78, 5) is 0. The number of hydrogen-bond donors (Lipinski definition) is 0. The van der Waals surface area contributed by atoms with Gasteiger partial charge in [0.15, 0.2) is 0 Å². The molecule has 0 N–H and O–H groups in total. The maximum Gasteiger partial charge on any atom is 0.119 e. The molecule has 0 bridgehead atoms. The lowest BCUT2D eigenvalue weighted by atomic mass is 9.89. The summed E-state index contributed by atoms with van der Waals surface area (Å²) in [6.45, 7) is 2.98. The third-order valence-electron chi connectivity index (χ3n) is 5.36. The summed E-state index contributed by atoms with van der Waals surface area (Å²) in [5, 5.41) is 0. The van der Waals surface area contributed by atoms with Gasteiger partial charge in [-0.15, -0.1) is 0 Å². The molecule has 0 saturated carbocycles. The Hall–Kier alpha value is -2.04. The summed E-state index contributed by atoms with van der Waals surface area (Å²) >= 11 is 0. The van der Waals surface area contributed by atoms with Crippen LogP contribution in [0.25, 0.3) is 0 Å². The first-order chi connectivity index (χ1) is 12.8. The first kappa shape index (κ1) is 16.2. The fourth-order valence-corrected chi connectivity index (χ4v) is 3.58. The molecule has 4 heteroatoms. The molecular formula is C22H24O4. The van der Waals surface area contributed by atoms with Crippen molar-refractivity contribution >= 4 is 0 Å². The van der Waals surface area contributed by atoms with E-state index in [9.17, 15) is 0 Å². The van der Waals surface area contributed by atoms with E-state index in [1.54, 1.807) is 0 Å². The van der Waals surface area contributed by atoms with Crippen molar-refractivity contribution in [2.24, 2.45) is 0 Å². The molecular weight excluding hydrogens is 328 g/mol. The van der Waals surface area contributed by atoms with Crippen LogP contribution in [0, 0.1) is 0 Å². The van der Waals surface area contributed by atoms with E-state index in [0.29, 0.717) is 25.4 Å². The fraction of sp³-hybridized carbons (Fsp3) is 0.455. The van der Waals surface area contributed by atoms with Gasteiger partial charge in [0, 0.05) is 0 Å². The van der Waals surface area contributed by atoms with E-state index >= 15 is 0 Å². The number of rotatable bonds is 6. The van der Waals surface area contributed by atoms with E-state index in [1.807, 2.05) is 0 Å². The number of epoxide rings is 2. The number of aryl methyl sites for hydroxylation is 4. The van der Waals surface area contributed by atoms with Crippen LogP contribution in [0.3, 0.4) is 0 Å². The first-order valence-corrected chi connectivity index (χ1v) is 9.56. The van der Waals surface area contributed by atoms with Gasteiger partial charge in [-0.05, 0) is 72.2 Å². The first-order valence-electron chi connectivity index (χ1n) is 9.56. The van der Waals surface area contributed by atoms with Crippen LogP contribution in [-0.2, 0) is 35.2 Å². The van der Waals surface area contributed by atoms with Crippen LogP contribution in [0.4, 0.5) is 0 Å². The average molecular weight is 352 g/mol. The Morgan fingerprint density at radius 3 is 1.50 bits per heavy atom. The number of hydrogen-bond acceptors (Lipinski definition) is 4. The van der Waals surface area contributed by atoms with Gasteiger partial charge in [-0.2, -0.15) is 0 Å². The molecule has 136 valence electrons. The van der Waals surface area contributed by atoms with Crippen molar-refractivity contribution in [1.82, 2.24) is 0 Å². The van der Waals surface area contributed by atoms with Gasteiger partial charge >= 0.3 is 0 Å². The smallest absolute Gasteiger partial charge is 0.119 e. The van der Waals surface area contributed by atoms with E-state index in [4.69, 9.17) is 18.9 Å². The summed E-state index contributed by atoms with van der Waals surface area (Å²) in [7, 11) is 0. The highest BCUT2D eigenvalue weighted by atomic mass is 16.6. The zero-order valence-corrected chi connectivity index (χ0v) is 14.9. The topological polar surface area (TPSA) is 43.5 Å². The molecule has 0 spiro atoms. The Bertz CT molecular complexity index is 725. The van der Waals surface area contributed by atoms with Crippen molar-refractivity contribution in [3.05, 3.63) is 58.7 Å².